The van der Waals surface area contributed by atoms with E-state index in [0.717, 1.165) is 5.69 Å². The molecule has 1 heterocycles. The molecule has 0 unspecified atom stereocenters. The highest BCUT2D eigenvalue weighted by Gasteiger charge is 2.25. The van der Waals surface area contributed by atoms with E-state index in [4.69, 9.17) is 0 Å². The molecule has 0 aliphatic carbocycles. The Labute approximate surface area is 153 Å². The number of ketones is 1. The van der Waals surface area contributed by atoms with E-state index in [-0.39, 0.29) is 24.2 Å². The molecule has 1 aromatic rings. The lowest BCUT2D eigenvalue weighted by Crippen LogP contribution is -2.51. The number of nitrogens with zero attached hydrogens (tertiary/aromatic N) is 2. The van der Waals surface area contributed by atoms with Gasteiger partial charge in [0.05, 0.1) is 6.54 Å². The van der Waals surface area contributed by atoms with Crippen LogP contribution in [0, 0.1) is 11.7 Å². The molecule has 0 aromatic heterocycles. The zero-order chi connectivity index (χ0) is 19.1. The standard InChI is InChI=1S/C19H26FN3O3/c1-3-14(4-2)18(25)19(26)21-13-17(24)23-11-9-22(10-12-23)16-7-5-15(20)6-8-16/h5-8,14H,3-4,9-13H2,1-2H3,(H,21,26). The molecule has 1 aliphatic heterocycles. The molecule has 1 aromatic carbocycles. The first kappa shape index (κ1) is 19.9. The van der Waals surface area contributed by atoms with Crippen molar-refractivity contribution in [3.05, 3.63) is 30.1 Å². The van der Waals surface area contributed by atoms with Crippen LogP contribution in [0.3, 0.4) is 0 Å². The first-order chi connectivity index (χ1) is 12.5. The van der Waals surface area contributed by atoms with Gasteiger partial charge in [-0.15, -0.1) is 0 Å². The average Bonchev–Trinajstić information content (AvgIpc) is 2.67. The molecule has 1 fully saturated rings. The number of carbonyl (C=O) groups excluding carboxylic acids is 3. The maximum Gasteiger partial charge on any atom is 0.288 e. The summed E-state index contributed by atoms with van der Waals surface area (Å²) in [4.78, 5) is 39.8. The summed E-state index contributed by atoms with van der Waals surface area (Å²) in [5.41, 5.74) is 0.919. The maximum atomic E-state index is 13.0. The molecular weight excluding hydrogens is 337 g/mol. The molecule has 2 amide bonds. The van der Waals surface area contributed by atoms with Crippen molar-refractivity contribution in [3.8, 4) is 0 Å². The van der Waals surface area contributed by atoms with Crippen molar-refractivity contribution >= 4 is 23.3 Å². The average molecular weight is 363 g/mol. The van der Waals surface area contributed by atoms with Crippen LogP contribution < -0.4 is 10.2 Å². The lowest BCUT2D eigenvalue weighted by Gasteiger charge is -2.36. The molecule has 0 bridgehead atoms. The maximum absolute atomic E-state index is 13.0. The fraction of sp³-hybridized carbons (Fsp3) is 0.526. The third kappa shape index (κ3) is 5.03. The number of rotatable bonds is 7. The van der Waals surface area contributed by atoms with Crippen LogP contribution in [-0.2, 0) is 14.4 Å². The summed E-state index contributed by atoms with van der Waals surface area (Å²) in [6, 6.07) is 6.27. The SMILES string of the molecule is CCC(CC)C(=O)C(=O)NCC(=O)N1CCN(c2ccc(F)cc2)CC1. The Morgan fingerprint density at radius 1 is 1.04 bits per heavy atom. The molecule has 26 heavy (non-hydrogen) atoms. The minimum absolute atomic E-state index is 0.165. The molecular formula is C19H26FN3O3. The summed E-state index contributed by atoms with van der Waals surface area (Å²) in [5, 5.41) is 2.44. The Morgan fingerprint density at radius 2 is 1.62 bits per heavy atom. The molecule has 7 heteroatoms. The van der Waals surface area contributed by atoms with Gasteiger partial charge >= 0.3 is 0 Å². The smallest absolute Gasteiger partial charge is 0.288 e. The van der Waals surface area contributed by atoms with E-state index in [9.17, 15) is 18.8 Å². The fourth-order valence-corrected chi connectivity index (χ4v) is 3.07. The number of anilines is 1. The first-order valence-corrected chi connectivity index (χ1v) is 9.06. The number of halogens is 1. The molecule has 142 valence electrons. The highest BCUT2D eigenvalue weighted by Crippen LogP contribution is 2.17. The number of amides is 2. The second-order valence-corrected chi connectivity index (χ2v) is 6.40. The van der Waals surface area contributed by atoms with Gasteiger partial charge in [0.25, 0.3) is 5.91 Å². The number of piperazine rings is 1. The third-order valence-corrected chi connectivity index (χ3v) is 4.80. The summed E-state index contributed by atoms with van der Waals surface area (Å²) in [5.74, 6) is -1.90. The lowest BCUT2D eigenvalue weighted by atomic mass is 9.98. The number of Topliss-reactive ketones (excluding diaryl/α,β-unsaturated/α-hetero) is 1. The van der Waals surface area contributed by atoms with Crippen LogP contribution >= 0.6 is 0 Å². The highest BCUT2D eigenvalue weighted by molar-refractivity contribution is 6.37. The Kier molecular flexibility index (Phi) is 7.12. The van der Waals surface area contributed by atoms with Gasteiger partial charge in [0, 0.05) is 37.8 Å². The van der Waals surface area contributed by atoms with Crippen LogP contribution in [0.25, 0.3) is 0 Å². The van der Waals surface area contributed by atoms with Crippen LogP contribution in [0.1, 0.15) is 26.7 Å². The van der Waals surface area contributed by atoms with Crippen molar-refractivity contribution in [1.29, 1.82) is 0 Å². The zero-order valence-electron chi connectivity index (χ0n) is 15.3. The number of hydrogen-bond acceptors (Lipinski definition) is 4. The Balaban J connectivity index is 1.78. The van der Waals surface area contributed by atoms with Crippen molar-refractivity contribution in [1.82, 2.24) is 10.2 Å². The van der Waals surface area contributed by atoms with Crippen LogP contribution in [0.15, 0.2) is 24.3 Å². The number of nitrogens with one attached hydrogen (secondary N) is 1. The van der Waals surface area contributed by atoms with E-state index in [2.05, 4.69) is 10.2 Å². The van der Waals surface area contributed by atoms with Crippen LogP contribution in [-0.4, -0.2) is 55.2 Å². The quantitative estimate of drug-likeness (QED) is 0.747. The van der Waals surface area contributed by atoms with E-state index >= 15 is 0 Å². The topological polar surface area (TPSA) is 69.7 Å². The third-order valence-electron chi connectivity index (χ3n) is 4.80. The van der Waals surface area contributed by atoms with Gasteiger partial charge < -0.3 is 15.1 Å². The van der Waals surface area contributed by atoms with Crippen molar-refractivity contribution in [2.45, 2.75) is 26.7 Å². The second-order valence-electron chi connectivity index (χ2n) is 6.40. The predicted octanol–water partition coefficient (Wildman–Crippen LogP) is 1.60. The van der Waals surface area contributed by atoms with Gasteiger partial charge in [0.1, 0.15) is 5.82 Å². The summed E-state index contributed by atoms with van der Waals surface area (Å²) >= 11 is 0. The highest BCUT2D eigenvalue weighted by atomic mass is 19.1. The summed E-state index contributed by atoms with van der Waals surface area (Å²) in [6.07, 6.45) is 1.23. The Morgan fingerprint density at radius 3 is 2.15 bits per heavy atom. The van der Waals surface area contributed by atoms with Crippen LogP contribution in [0.2, 0.25) is 0 Å². The van der Waals surface area contributed by atoms with Crippen molar-refractivity contribution < 1.29 is 18.8 Å². The van der Waals surface area contributed by atoms with Gasteiger partial charge in [0.15, 0.2) is 0 Å². The van der Waals surface area contributed by atoms with Gasteiger partial charge in [-0.25, -0.2) is 4.39 Å². The van der Waals surface area contributed by atoms with E-state index in [0.29, 0.717) is 39.0 Å². The molecule has 1 N–H and O–H groups in total. The molecule has 0 saturated carbocycles. The van der Waals surface area contributed by atoms with Crippen molar-refractivity contribution in [3.63, 3.8) is 0 Å². The minimum Gasteiger partial charge on any atom is -0.368 e. The van der Waals surface area contributed by atoms with E-state index < -0.39 is 11.7 Å². The lowest BCUT2D eigenvalue weighted by molar-refractivity contribution is -0.141. The van der Waals surface area contributed by atoms with Crippen LogP contribution in [0.4, 0.5) is 10.1 Å². The molecule has 1 saturated heterocycles. The van der Waals surface area contributed by atoms with Crippen molar-refractivity contribution in [2.75, 3.05) is 37.6 Å². The van der Waals surface area contributed by atoms with Crippen molar-refractivity contribution in [2.24, 2.45) is 5.92 Å². The van der Waals surface area contributed by atoms with E-state index in [1.807, 2.05) is 13.8 Å². The summed E-state index contributed by atoms with van der Waals surface area (Å²) < 4.78 is 13.0. The molecule has 2 rings (SSSR count). The molecule has 0 radical (unpaired) electrons. The van der Waals surface area contributed by atoms with Gasteiger partial charge in [0.2, 0.25) is 11.7 Å². The second kappa shape index (κ2) is 9.31. The normalized spacial score (nSPS) is 14.5. The molecule has 0 atom stereocenters. The summed E-state index contributed by atoms with van der Waals surface area (Å²) in [6.45, 7) is 5.88. The van der Waals surface area contributed by atoms with Gasteiger partial charge in [-0.2, -0.15) is 0 Å². The fourth-order valence-electron chi connectivity index (χ4n) is 3.07. The zero-order valence-corrected chi connectivity index (χ0v) is 15.3. The largest absolute Gasteiger partial charge is 0.368 e. The van der Waals surface area contributed by atoms with E-state index in [1.54, 1.807) is 17.0 Å². The Bertz CT molecular complexity index is 636. The predicted molar refractivity (Wildman–Crippen MR) is 97.3 cm³/mol. The number of hydrogen-bond donors (Lipinski definition) is 1. The van der Waals surface area contributed by atoms with Gasteiger partial charge in [-0.05, 0) is 37.1 Å². The van der Waals surface area contributed by atoms with Gasteiger partial charge in [-0.3, -0.25) is 14.4 Å². The summed E-state index contributed by atoms with van der Waals surface area (Å²) in [7, 11) is 0. The van der Waals surface area contributed by atoms with E-state index in [1.165, 1.54) is 12.1 Å². The molecule has 1 aliphatic rings. The minimum atomic E-state index is -0.683. The van der Waals surface area contributed by atoms with Gasteiger partial charge in [-0.1, -0.05) is 13.8 Å². The monoisotopic (exact) mass is 363 g/mol. The molecule has 6 nitrogen and oxygen atoms in total. The number of benzene rings is 1. The molecule has 0 spiro atoms. The first-order valence-electron chi connectivity index (χ1n) is 9.06. The van der Waals surface area contributed by atoms with Crippen LogP contribution in [0.5, 0.6) is 0 Å². The Hall–Kier alpha value is -2.44. The number of carbonyl (C=O) groups is 3.